The van der Waals surface area contributed by atoms with Crippen LogP contribution < -0.4 is 5.73 Å². The molecule has 9 heteroatoms. The molecule has 1 unspecified atom stereocenters. The quantitative estimate of drug-likeness (QED) is 0.475. The summed E-state index contributed by atoms with van der Waals surface area (Å²) in [5.41, 5.74) is 4.76. The van der Waals surface area contributed by atoms with Crippen LogP contribution in [0.2, 0.25) is 0 Å². The van der Waals surface area contributed by atoms with Crippen LogP contribution in [0.15, 0.2) is 23.1 Å². The Balaban J connectivity index is 2.45. The molecule has 8 nitrogen and oxygen atoms in total. The largest absolute Gasteiger partial charge is 0.396 e. The Morgan fingerprint density at radius 3 is 2.81 bits per heavy atom. The molecule has 1 aliphatic heterocycles. The number of nitro benzene ring substituents is 1. The predicted molar refractivity (Wildman–Crippen MR) is 76.1 cm³/mol. The highest BCUT2D eigenvalue weighted by Gasteiger charge is 2.35. The average molecular weight is 315 g/mol. The fourth-order valence-electron chi connectivity index (χ4n) is 2.48. The average Bonchev–Trinajstić information content (AvgIpc) is 2.46. The number of para-hydroxylation sites is 1. The fourth-order valence-corrected chi connectivity index (χ4v) is 4.22. The summed E-state index contributed by atoms with van der Waals surface area (Å²) in [6, 6.07) is 3.86. The standard InChI is InChI=1S/C12H17N3O5S/c13-10-4-1-5-11(12(10)15(17)18)21(19,20)14-6-2-3-9(7-14)8-16/h1,4-5,9,16H,2-3,6-8,13H2. The van der Waals surface area contributed by atoms with Crippen molar-refractivity contribution in [3.8, 4) is 0 Å². The number of anilines is 1. The van der Waals surface area contributed by atoms with Gasteiger partial charge in [0.2, 0.25) is 10.0 Å². The van der Waals surface area contributed by atoms with Crippen LogP contribution in [-0.4, -0.2) is 42.4 Å². The van der Waals surface area contributed by atoms with Crippen molar-refractivity contribution in [2.24, 2.45) is 5.92 Å². The molecule has 21 heavy (non-hydrogen) atoms. The number of hydrogen-bond donors (Lipinski definition) is 2. The Bertz CT molecular complexity index is 646. The highest BCUT2D eigenvalue weighted by molar-refractivity contribution is 7.89. The predicted octanol–water partition coefficient (Wildman–Crippen LogP) is 0.570. The van der Waals surface area contributed by atoms with Gasteiger partial charge in [-0.2, -0.15) is 4.31 Å². The molecule has 0 aliphatic carbocycles. The summed E-state index contributed by atoms with van der Waals surface area (Å²) in [5.74, 6) is -0.145. The highest BCUT2D eigenvalue weighted by atomic mass is 32.2. The van der Waals surface area contributed by atoms with Crippen molar-refractivity contribution in [1.29, 1.82) is 0 Å². The zero-order valence-electron chi connectivity index (χ0n) is 11.3. The Kier molecular flexibility index (Phi) is 4.45. The molecule has 3 N–H and O–H groups in total. The number of hydrogen-bond acceptors (Lipinski definition) is 6. The Hall–Kier alpha value is -1.71. The van der Waals surface area contributed by atoms with E-state index in [0.29, 0.717) is 6.42 Å². The molecule has 1 saturated heterocycles. The number of aliphatic hydroxyl groups excluding tert-OH is 1. The van der Waals surface area contributed by atoms with E-state index in [4.69, 9.17) is 5.73 Å². The second-order valence-electron chi connectivity index (χ2n) is 5.00. The molecule has 1 aromatic carbocycles. The Labute approximate surface area is 122 Å². The van der Waals surface area contributed by atoms with Gasteiger partial charge in [-0.25, -0.2) is 8.42 Å². The van der Waals surface area contributed by atoms with Gasteiger partial charge in [0.05, 0.1) is 4.92 Å². The topological polar surface area (TPSA) is 127 Å². The van der Waals surface area contributed by atoms with Gasteiger partial charge in [0.15, 0.2) is 4.90 Å². The molecule has 1 atom stereocenters. The molecule has 0 saturated carbocycles. The molecule has 0 spiro atoms. The molecular formula is C12H17N3O5S. The summed E-state index contributed by atoms with van der Waals surface area (Å²) < 4.78 is 26.4. The third-order valence-corrected chi connectivity index (χ3v) is 5.47. The second-order valence-corrected chi connectivity index (χ2v) is 6.91. The molecule has 0 radical (unpaired) electrons. The van der Waals surface area contributed by atoms with Gasteiger partial charge in [0, 0.05) is 19.7 Å². The van der Waals surface area contributed by atoms with Gasteiger partial charge in [-0.05, 0) is 30.9 Å². The van der Waals surface area contributed by atoms with E-state index >= 15 is 0 Å². The lowest BCUT2D eigenvalue weighted by Crippen LogP contribution is -2.41. The van der Waals surface area contributed by atoms with E-state index in [9.17, 15) is 23.6 Å². The zero-order valence-corrected chi connectivity index (χ0v) is 12.1. The van der Waals surface area contributed by atoms with E-state index < -0.39 is 25.5 Å². The summed E-state index contributed by atoms with van der Waals surface area (Å²) >= 11 is 0. The lowest BCUT2D eigenvalue weighted by atomic mass is 10.0. The molecule has 1 fully saturated rings. The Morgan fingerprint density at radius 2 is 2.19 bits per heavy atom. The molecule has 116 valence electrons. The highest BCUT2D eigenvalue weighted by Crippen LogP contribution is 2.33. The number of sulfonamides is 1. The smallest absolute Gasteiger partial charge is 0.312 e. The van der Waals surface area contributed by atoms with Gasteiger partial charge in [-0.1, -0.05) is 6.07 Å². The summed E-state index contributed by atoms with van der Waals surface area (Å²) in [6.07, 6.45) is 1.35. The molecule has 1 aromatic rings. The van der Waals surface area contributed by atoms with Crippen LogP contribution in [-0.2, 0) is 10.0 Å². The monoisotopic (exact) mass is 315 g/mol. The van der Waals surface area contributed by atoms with Crippen molar-refractivity contribution in [2.75, 3.05) is 25.4 Å². The van der Waals surface area contributed by atoms with Crippen LogP contribution in [0.25, 0.3) is 0 Å². The van der Waals surface area contributed by atoms with Crippen LogP contribution in [0.1, 0.15) is 12.8 Å². The van der Waals surface area contributed by atoms with Crippen LogP contribution in [0.3, 0.4) is 0 Å². The first-order chi connectivity index (χ1) is 9.87. The summed E-state index contributed by atoms with van der Waals surface area (Å²) in [4.78, 5) is 9.92. The van der Waals surface area contributed by atoms with Gasteiger partial charge in [-0.3, -0.25) is 10.1 Å². The molecule has 0 amide bonds. The fraction of sp³-hybridized carbons (Fsp3) is 0.500. The first kappa shape index (κ1) is 15.7. The molecule has 0 aromatic heterocycles. The maximum atomic E-state index is 12.6. The number of nitro groups is 1. The van der Waals surface area contributed by atoms with Gasteiger partial charge in [0.25, 0.3) is 0 Å². The zero-order chi connectivity index (χ0) is 15.6. The lowest BCUT2D eigenvalue weighted by molar-refractivity contribution is -0.386. The van der Waals surface area contributed by atoms with E-state index in [0.717, 1.165) is 6.42 Å². The van der Waals surface area contributed by atoms with Gasteiger partial charge < -0.3 is 10.8 Å². The number of aliphatic hydroxyl groups is 1. The number of nitrogens with two attached hydrogens (primary N) is 1. The summed E-state index contributed by atoms with van der Waals surface area (Å²) in [6.45, 7) is 0.334. The minimum absolute atomic E-state index is 0.106. The molecular weight excluding hydrogens is 298 g/mol. The van der Waals surface area contributed by atoms with Gasteiger partial charge in [-0.15, -0.1) is 0 Å². The van der Waals surface area contributed by atoms with Gasteiger partial charge >= 0.3 is 5.69 Å². The van der Waals surface area contributed by atoms with E-state index in [2.05, 4.69) is 0 Å². The van der Waals surface area contributed by atoms with Crippen LogP contribution in [0, 0.1) is 16.0 Å². The van der Waals surface area contributed by atoms with Crippen molar-refractivity contribution < 1.29 is 18.4 Å². The summed E-state index contributed by atoms with van der Waals surface area (Å²) in [5, 5.41) is 20.3. The third-order valence-electron chi connectivity index (χ3n) is 3.57. The normalized spacial score (nSPS) is 20.3. The maximum absolute atomic E-state index is 12.6. The first-order valence-electron chi connectivity index (χ1n) is 6.51. The Morgan fingerprint density at radius 1 is 1.48 bits per heavy atom. The van der Waals surface area contributed by atoms with E-state index in [1.807, 2.05) is 0 Å². The van der Waals surface area contributed by atoms with Gasteiger partial charge in [0.1, 0.15) is 5.69 Å². The number of nitrogen functional groups attached to an aromatic ring is 1. The van der Waals surface area contributed by atoms with Crippen LogP contribution in [0.4, 0.5) is 11.4 Å². The summed E-state index contributed by atoms with van der Waals surface area (Å²) in [7, 11) is -4.00. The maximum Gasteiger partial charge on any atom is 0.312 e. The van der Waals surface area contributed by atoms with Crippen molar-refractivity contribution >= 4 is 21.4 Å². The van der Waals surface area contributed by atoms with E-state index in [1.54, 1.807) is 0 Å². The number of piperidine rings is 1. The third kappa shape index (κ3) is 2.99. The second kappa shape index (κ2) is 5.96. The van der Waals surface area contributed by atoms with Crippen molar-refractivity contribution in [3.05, 3.63) is 28.3 Å². The van der Waals surface area contributed by atoms with Crippen molar-refractivity contribution in [3.63, 3.8) is 0 Å². The molecule has 1 heterocycles. The minimum Gasteiger partial charge on any atom is -0.396 e. The number of nitrogens with zero attached hydrogens (tertiary/aromatic N) is 2. The molecule has 2 rings (SSSR count). The van der Waals surface area contributed by atoms with Crippen molar-refractivity contribution in [2.45, 2.75) is 17.7 Å². The SMILES string of the molecule is Nc1cccc(S(=O)(=O)N2CCCC(CO)C2)c1[N+](=O)[O-]. The van der Waals surface area contributed by atoms with Crippen LogP contribution in [0.5, 0.6) is 0 Å². The molecule has 0 bridgehead atoms. The number of rotatable bonds is 4. The van der Waals surface area contributed by atoms with E-state index in [1.165, 1.54) is 22.5 Å². The van der Waals surface area contributed by atoms with Crippen LogP contribution >= 0.6 is 0 Å². The first-order valence-corrected chi connectivity index (χ1v) is 7.95. The lowest BCUT2D eigenvalue weighted by Gasteiger charge is -2.30. The van der Waals surface area contributed by atoms with E-state index in [-0.39, 0.29) is 31.3 Å². The number of benzene rings is 1. The van der Waals surface area contributed by atoms with Crippen molar-refractivity contribution in [1.82, 2.24) is 4.31 Å². The minimum atomic E-state index is -4.00. The molecule has 1 aliphatic rings.